The number of hydrazone groups is 1. The predicted molar refractivity (Wildman–Crippen MR) is 95.2 cm³/mol. The first kappa shape index (κ1) is 15.9. The third-order valence-electron chi connectivity index (χ3n) is 3.33. The minimum Gasteiger partial charge on any atom is -0.267 e. The van der Waals surface area contributed by atoms with Crippen LogP contribution in [0.1, 0.15) is 21.6 Å². The average molecular weight is 336 g/mol. The summed E-state index contributed by atoms with van der Waals surface area (Å²) < 4.78 is 0. The van der Waals surface area contributed by atoms with Crippen molar-refractivity contribution in [2.75, 3.05) is 0 Å². The molecular formula is C19H14ClN3O. The van der Waals surface area contributed by atoms with Crippen LogP contribution in [-0.4, -0.2) is 16.6 Å². The highest BCUT2D eigenvalue weighted by Crippen LogP contribution is 2.10. The summed E-state index contributed by atoms with van der Waals surface area (Å²) in [6, 6.07) is 21.8. The Morgan fingerprint density at radius 2 is 1.58 bits per heavy atom. The van der Waals surface area contributed by atoms with Gasteiger partial charge in [0.1, 0.15) is 5.71 Å². The van der Waals surface area contributed by atoms with Crippen LogP contribution < -0.4 is 5.43 Å². The summed E-state index contributed by atoms with van der Waals surface area (Å²) in [5, 5.41) is 4.86. The van der Waals surface area contributed by atoms with E-state index >= 15 is 0 Å². The fourth-order valence-electron chi connectivity index (χ4n) is 2.14. The van der Waals surface area contributed by atoms with Gasteiger partial charge in [-0.1, -0.05) is 48.0 Å². The molecule has 2 aromatic carbocycles. The fraction of sp³-hybridized carbons (Fsp3) is 0. The molecule has 0 atom stereocenters. The van der Waals surface area contributed by atoms with Crippen LogP contribution in [0.5, 0.6) is 0 Å². The van der Waals surface area contributed by atoms with Gasteiger partial charge in [-0.2, -0.15) is 5.10 Å². The van der Waals surface area contributed by atoms with E-state index in [1.165, 1.54) is 0 Å². The molecule has 1 heterocycles. The molecule has 0 aliphatic carbocycles. The quantitative estimate of drug-likeness (QED) is 0.580. The zero-order chi connectivity index (χ0) is 16.8. The van der Waals surface area contributed by atoms with Gasteiger partial charge in [0.2, 0.25) is 0 Å². The zero-order valence-corrected chi connectivity index (χ0v) is 13.4. The Bertz CT molecular complexity index is 805. The van der Waals surface area contributed by atoms with Crippen LogP contribution in [0.4, 0.5) is 0 Å². The second-order valence-electron chi connectivity index (χ2n) is 4.99. The van der Waals surface area contributed by atoms with E-state index in [0.717, 1.165) is 5.56 Å². The molecule has 0 saturated carbocycles. The number of aromatic nitrogens is 1. The van der Waals surface area contributed by atoms with E-state index in [1.807, 2.05) is 48.5 Å². The fourth-order valence-corrected chi connectivity index (χ4v) is 2.27. The average Bonchev–Trinajstić information content (AvgIpc) is 2.64. The summed E-state index contributed by atoms with van der Waals surface area (Å²) in [6.45, 7) is 0. The number of carbonyl (C=O) groups excluding carboxylic acids is 1. The lowest BCUT2D eigenvalue weighted by molar-refractivity contribution is 0.0955. The highest BCUT2D eigenvalue weighted by Gasteiger charge is 2.10. The molecule has 1 N–H and O–H groups in total. The molecule has 0 aliphatic rings. The smallest absolute Gasteiger partial charge is 0.267 e. The van der Waals surface area contributed by atoms with Crippen LogP contribution in [0.3, 0.4) is 0 Å². The van der Waals surface area contributed by atoms with Crippen molar-refractivity contribution in [3.05, 3.63) is 101 Å². The summed E-state index contributed by atoms with van der Waals surface area (Å²) >= 11 is 5.84. The van der Waals surface area contributed by atoms with Crippen LogP contribution in [-0.2, 0) is 0 Å². The Morgan fingerprint density at radius 3 is 2.25 bits per heavy atom. The number of amides is 1. The lowest BCUT2D eigenvalue weighted by atomic mass is 10.1. The maximum absolute atomic E-state index is 12.2. The van der Waals surface area contributed by atoms with Gasteiger partial charge in [-0.05, 0) is 36.4 Å². The van der Waals surface area contributed by atoms with E-state index < -0.39 is 0 Å². The number of benzene rings is 2. The number of hydrogen-bond donors (Lipinski definition) is 1. The number of carbonyl (C=O) groups is 1. The third-order valence-corrected chi connectivity index (χ3v) is 3.58. The van der Waals surface area contributed by atoms with Gasteiger partial charge < -0.3 is 0 Å². The molecule has 118 valence electrons. The van der Waals surface area contributed by atoms with Gasteiger partial charge in [0, 0.05) is 22.3 Å². The SMILES string of the molecule is O=C(NN=C(c1ccccc1)c1ccccn1)c1ccc(Cl)cc1. The van der Waals surface area contributed by atoms with E-state index in [0.29, 0.717) is 22.0 Å². The maximum atomic E-state index is 12.2. The summed E-state index contributed by atoms with van der Waals surface area (Å²) in [5.41, 5.74) is 5.21. The molecule has 3 aromatic rings. The lowest BCUT2D eigenvalue weighted by Crippen LogP contribution is -2.21. The normalized spacial score (nSPS) is 11.1. The molecule has 0 unspecified atom stereocenters. The zero-order valence-electron chi connectivity index (χ0n) is 12.7. The molecule has 1 aromatic heterocycles. The monoisotopic (exact) mass is 335 g/mol. The van der Waals surface area contributed by atoms with Crippen molar-refractivity contribution >= 4 is 23.2 Å². The Labute approximate surface area is 144 Å². The first-order valence-electron chi connectivity index (χ1n) is 7.34. The molecular weight excluding hydrogens is 322 g/mol. The number of nitrogens with zero attached hydrogens (tertiary/aromatic N) is 2. The van der Waals surface area contributed by atoms with Crippen molar-refractivity contribution in [1.29, 1.82) is 0 Å². The topological polar surface area (TPSA) is 54.4 Å². The van der Waals surface area contributed by atoms with E-state index in [9.17, 15) is 4.79 Å². The number of hydrogen-bond acceptors (Lipinski definition) is 3. The van der Waals surface area contributed by atoms with Crippen LogP contribution in [0, 0.1) is 0 Å². The van der Waals surface area contributed by atoms with Crippen LogP contribution in [0.2, 0.25) is 5.02 Å². The van der Waals surface area contributed by atoms with Gasteiger partial charge in [-0.25, -0.2) is 5.43 Å². The minimum absolute atomic E-state index is 0.309. The minimum atomic E-state index is -0.309. The van der Waals surface area contributed by atoms with Gasteiger partial charge >= 0.3 is 0 Å². The molecule has 0 spiro atoms. The van der Waals surface area contributed by atoms with Gasteiger partial charge in [0.25, 0.3) is 5.91 Å². The van der Waals surface area contributed by atoms with E-state index in [4.69, 9.17) is 11.6 Å². The summed E-state index contributed by atoms with van der Waals surface area (Å²) in [7, 11) is 0. The van der Waals surface area contributed by atoms with Crippen molar-refractivity contribution in [2.24, 2.45) is 5.10 Å². The highest BCUT2D eigenvalue weighted by molar-refractivity contribution is 6.30. The van der Waals surface area contributed by atoms with Crippen molar-refractivity contribution in [1.82, 2.24) is 10.4 Å². The standard InChI is InChI=1S/C19H14ClN3O/c20-16-11-9-15(10-12-16)19(24)23-22-18(14-6-2-1-3-7-14)17-8-4-5-13-21-17/h1-13H,(H,23,24). The molecule has 0 fully saturated rings. The van der Waals surface area contributed by atoms with Crippen LogP contribution in [0.25, 0.3) is 0 Å². The second-order valence-corrected chi connectivity index (χ2v) is 5.43. The Morgan fingerprint density at radius 1 is 0.875 bits per heavy atom. The van der Waals surface area contributed by atoms with Gasteiger partial charge in [-0.15, -0.1) is 0 Å². The number of nitrogens with one attached hydrogen (secondary N) is 1. The molecule has 5 heteroatoms. The van der Waals surface area contributed by atoms with Gasteiger partial charge in [0.15, 0.2) is 0 Å². The van der Waals surface area contributed by atoms with E-state index in [1.54, 1.807) is 30.5 Å². The molecule has 4 nitrogen and oxygen atoms in total. The van der Waals surface area contributed by atoms with Crippen LogP contribution in [0.15, 0.2) is 84.1 Å². The van der Waals surface area contributed by atoms with E-state index in [-0.39, 0.29) is 5.91 Å². The summed E-state index contributed by atoms with van der Waals surface area (Å²) in [6.07, 6.45) is 1.69. The molecule has 24 heavy (non-hydrogen) atoms. The second kappa shape index (κ2) is 7.53. The number of rotatable bonds is 4. The largest absolute Gasteiger partial charge is 0.271 e. The van der Waals surface area contributed by atoms with Crippen molar-refractivity contribution in [2.45, 2.75) is 0 Å². The predicted octanol–water partition coefficient (Wildman–Crippen LogP) is 3.92. The van der Waals surface area contributed by atoms with Gasteiger partial charge in [0.05, 0.1) is 5.69 Å². The number of pyridine rings is 1. The first-order chi connectivity index (χ1) is 11.7. The molecule has 0 saturated heterocycles. The highest BCUT2D eigenvalue weighted by atomic mass is 35.5. The molecule has 0 bridgehead atoms. The summed E-state index contributed by atoms with van der Waals surface area (Å²) in [5.74, 6) is -0.309. The first-order valence-corrected chi connectivity index (χ1v) is 7.72. The van der Waals surface area contributed by atoms with Crippen LogP contribution >= 0.6 is 11.6 Å². The Balaban J connectivity index is 1.90. The Hall–Kier alpha value is -2.98. The molecule has 1 amide bonds. The summed E-state index contributed by atoms with van der Waals surface area (Å²) in [4.78, 5) is 16.6. The molecule has 0 aliphatic heterocycles. The molecule has 3 rings (SSSR count). The van der Waals surface area contributed by atoms with Crippen molar-refractivity contribution in [3.8, 4) is 0 Å². The van der Waals surface area contributed by atoms with Crippen molar-refractivity contribution in [3.63, 3.8) is 0 Å². The lowest BCUT2D eigenvalue weighted by Gasteiger charge is -2.07. The molecule has 0 radical (unpaired) electrons. The third kappa shape index (κ3) is 3.86. The maximum Gasteiger partial charge on any atom is 0.271 e. The Kier molecular flexibility index (Phi) is 4.99. The van der Waals surface area contributed by atoms with Gasteiger partial charge in [-0.3, -0.25) is 9.78 Å². The number of halogens is 1. The van der Waals surface area contributed by atoms with E-state index in [2.05, 4.69) is 15.5 Å². The van der Waals surface area contributed by atoms with Crippen molar-refractivity contribution < 1.29 is 4.79 Å².